The van der Waals surface area contributed by atoms with Crippen LogP contribution < -0.4 is 0 Å². The van der Waals surface area contributed by atoms with Gasteiger partial charge in [0, 0.05) is 15.4 Å². The zero-order chi connectivity index (χ0) is 8.69. The van der Waals surface area contributed by atoms with E-state index >= 15 is 0 Å². The zero-order valence-electron chi connectivity index (χ0n) is 7.85. The minimum Gasteiger partial charge on any atom is -0.397 e. The van der Waals surface area contributed by atoms with Crippen molar-refractivity contribution < 1.29 is 5.11 Å². The second-order valence-corrected chi connectivity index (χ2v) is 6.17. The highest BCUT2D eigenvalue weighted by molar-refractivity contribution is 6.57. The van der Waals surface area contributed by atoms with Crippen LogP contribution in [0.2, 0.25) is 18.6 Å². The summed E-state index contributed by atoms with van der Waals surface area (Å²) in [6.07, 6.45) is 3.48. The normalized spacial score (nSPS) is 10.3. The van der Waals surface area contributed by atoms with Gasteiger partial charge in [-0.2, -0.15) is 0 Å². The molecule has 0 saturated carbocycles. The van der Waals surface area contributed by atoms with Crippen molar-refractivity contribution in [3.8, 4) is 0 Å². The zero-order valence-corrected chi connectivity index (χ0v) is 8.85. The van der Waals surface area contributed by atoms with E-state index in [0.29, 0.717) is 6.61 Å². The van der Waals surface area contributed by atoms with E-state index in [9.17, 15) is 0 Å². The van der Waals surface area contributed by atoms with Crippen LogP contribution in [0.15, 0.2) is 11.6 Å². The fourth-order valence-corrected chi connectivity index (χ4v) is 2.19. The molecule has 0 aromatic carbocycles. The Bertz CT molecular complexity index is 117. The smallest absolute Gasteiger partial charge is 0.0472 e. The molecule has 0 aliphatic rings. The summed E-state index contributed by atoms with van der Waals surface area (Å²) in [6, 6.07) is 2.34. The number of hydrogen-bond acceptors (Lipinski definition) is 1. The maximum absolute atomic E-state index is 8.66. The highest BCUT2D eigenvalue weighted by atomic mass is 28.3. The highest BCUT2D eigenvalue weighted by Crippen LogP contribution is 2.04. The van der Waals surface area contributed by atoms with Crippen molar-refractivity contribution in [3.05, 3.63) is 11.6 Å². The third-order valence-electron chi connectivity index (χ3n) is 1.66. The van der Waals surface area contributed by atoms with E-state index in [1.807, 2.05) is 0 Å². The van der Waals surface area contributed by atoms with Crippen molar-refractivity contribution in [2.75, 3.05) is 6.61 Å². The van der Waals surface area contributed by atoms with E-state index in [0.717, 1.165) is 6.04 Å². The van der Waals surface area contributed by atoms with Crippen LogP contribution in [0.3, 0.4) is 0 Å². The third kappa shape index (κ3) is 7.82. The molecule has 0 bridgehead atoms. The molecule has 0 fully saturated rings. The molecule has 0 saturated heterocycles. The molecular weight excluding hydrogens is 152 g/mol. The van der Waals surface area contributed by atoms with E-state index < -0.39 is 0 Å². The standard InChI is InChI=1S/C9H19OSi/c1-9(2)5-4-7-11(3)8-6-10/h5,10H,4,6-8H2,1-3H3. The summed E-state index contributed by atoms with van der Waals surface area (Å²) >= 11 is 0. The van der Waals surface area contributed by atoms with E-state index in [2.05, 4.69) is 26.5 Å². The van der Waals surface area contributed by atoms with Gasteiger partial charge in [0.2, 0.25) is 0 Å². The molecule has 0 spiro atoms. The first-order chi connectivity index (χ1) is 5.16. The van der Waals surface area contributed by atoms with Gasteiger partial charge in [-0.3, -0.25) is 0 Å². The number of rotatable bonds is 5. The van der Waals surface area contributed by atoms with Crippen LogP contribution in [0.4, 0.5) is 0 Å². The fourth-order valence-electron chi connectivity index (χ4n) is 0.923. The molecule has 0 heterocycles. The fraction of sp³-hybridized carbons (Fsp3) is 0.778. The van der Waals surface area contributed by atoms with Crippen LogP contribution in [-0.2, 0) is 0 Å². The van der Waals surface area contributed by atoms with Crippen LogP contribution in [-0.4, -0.2) is 20.5 Å². The van der Waals surface area contributed by atoms with E-state index in [4.69, 9.17) is 5.11 Å². The van der Waals surface area contributed by atoms with Crippen molar-refractivity contribution in [3.63, 3.8) is 0 Å². The summed E-state index contributed by atoms with van der Waals surface area (Å²) in [5.41, 5.74) is 1.41. The molecule has 2 heteroatoms. The summed E-state index contributed by atoms with van der Waals surface area (Å²) < 4.78 is 0. The molecule has 0 aromatic heterocycles. The average Bonchev–Trinajstić information content (AvgIpc) is 1.87. The van der Waals surface area contributed by atoms with Gasteiger partial charge >= 0.3 is 0 Å². The van der Waals surface area contributed by atoms with Crippen LogP contribution in [0.5, 0.6) is 0 Å². The highest BCUT2D eigenvalue weighted by Gasteiger charge is 2.00. The average molecular weight is 171 g/mol. The van der Waals surface area contributed by atoms with E-state index in [1.165, 1.54) is 18.0 Å². The van der Waals surface area contributed by atoms with Crippen molar-refractivity contribution in [1.29, 1.82) is 0 Å². The van der Waals surface area contributed by atoms with Crippen molar-refractivity contribution >= 4 is 8.80 Å². The van der Waals surface area contributed by atoms with Crippen LogP contribution in [0, 0.1) is 0 Å². The first kappa shape index (κ1) is 10.9. The minimum atomic E-state index is -0.231. The van der Waals surface area contributed by atoms with E-state index in [-0.39, 0.29) is 8.80 Å². The Hall–Kier alpha value is -0.0831. The SMILES string of the molecule is CC(C)=CCC[Si](C)CCO. The lowest BCUT2D eigenvalue weighted by atomic mass is 10.3. The van der Waals surface area contributed by atoms with Gasteiger partial charge < -0.3 is 5.11 Å². The largest absolute Gasteiger partial charge is 0.397 e. The summed E-state index contributed by atoms with van der Waals surface area (Å²) in [7, 11) is -0.231. The van der Waals surface area contributed by atoms with Crippen LogP contribution in [0.25, 0.3) is 0 Å². The minimum absolute atomic E-state index is 0.231. The number of aliphatic hydroxyl groups is 1. The van der Waals surface area contributed by atoms with Gasteiger partial charge in [-0.1, -0.05) is 24.2 Å². The Morgan fingerprint density at radius 3 is 2.45 bits per heavy atom. The Labute approximate surface area is 71.7 Å². The lowest BCUT2D eigenvalue weighted by Gasteiger charge is -2.04. The second-order valence-electron chi connectivity index (χ2n) is 3.25. The van der Waals surface area contributed by atoms with Gasteiger partial charge in [0.15, 0.2) is 0 Å². The van der Waals surface area contributed by atoms with Crippen LogP contribution in [0.1, 0.15) is 20.3 Å². The Morgan fingerprint density at radius 1 is 1.36 bits per heavy atom. The van der Waals surface area contributed by atoms with Gasteiger partial charge in [-0.05, 0) is 26.3 Å². The Morgan fingerprint density at radius 2 is 2.00 bits per heavy atom. The Balaban J connectivity index is 3.31. The molecule has 0 rings (SSSR count). The quantitative estimate of drug-likeness (QED) is 0.497. The number of allylic oxidation sites excluding steroid dienone is 2. The molecule has 11 heavy (non-hydrogen) atoms. The molecule has 0 amide bonds. The molecule has 1 radical (unpaired) electrons. The Kier molecular flexibility index (Phi) is 6.57. The van der Waals surface area contributed by atoms with Gasteiger partial charge in [0.25, 0.3) is 0 Å². The maximum atomic E-state index is 8.66. The number of hydrogen-bond donors (Lipinski definition) is 1. The van der Waals surface area contributed by atoms with E-state index in [1.54, 1.807) is 0 Å². The predicted molar refractivity (Wildman–Crippen MR) is 52.4 cm³/mol. The lowest BCUT2D eigenvalue weighted by Crippen LogP contribution is -2.07. The predicted octanol–water partition coefficient (Wildman–Crippen LogP) is 2.46. The molecule has 0 aliphatic carbocycles. The molecule has 0 aliphatic heterocycles. The van der Waals surface area contributed by atoms with Gasteiger partial charge in [-0.25, -0.2) is 0 Å². The molecule has 0 aromatic rings. The molecule has 0 atom stereocenters. The first-order valence-electron chi connectivity index (χ1n) is 4.22. The monoisotopic (exact) mass is 171 g/mol. The van der Waals surface area contributed by atoms with Crippen molar-refractivity contribution in [2.45, 2.75) is 38.9 Å². The summed E-state index contributed by atoms with van der Waals surface area (Å²) in [6.45, 7) is 6.93. The first-order valence-corrected chi connectivity index (χ1v) is 6.63. The van der Waals surface area contributed by atoms with Gasteiger partial charge in [0.1, 0.15) is 0 Å². The van der Waals surface area contributed by atoms with Gasteiger partial charge in [-0.15, -0.1) is 0 Å². The summed E-state index contributed by atoms with van der Waals surface area (Å²) in [4.78, 5) is 0. The second kappa shape index (κ2) is 6.62. The summed E-state index contributed by atoms with van der Waals surface area (Å²) in [5, 5.41) is 8.66. The van der Waals surface area contributed by atoms with Crippen molar-refractivity contribution in [1.82, 2.24) is 0 Å². The maximum Gasteiger partial charge on any atom is 0.0472 e. The number of aliphatic hydroxyl groups excluding tert-OH is 1. The molecular formula is C9H19OSi. The molecule has 1 N–H and O–H groups in total. The van der Waals surface area contributed by atoms with Crippen LogP contribution >= 0.6 is 0 Å². The van der Waals surface area contributed by atoms with Crippen molar-refractivity contribution in [2.24, 2.45) is 0 Å². The third-order valence-corrected chi connectivity index (χ3v) is 3.88. The molecule has 65 valence electrons. The topological polar surface area (TPSA) is 20.2 Å². The summed E-state index contributed by atoms with van der Waals surface area (Å²) in [5.74, 6) is 0. The van der Waals surface area contributed by atoms with Gasteiger partial charge in [0.05, 0.1) is 0 Å². The molecule has 0 unspecified atom stereocenters. The lowest BCUT2D eigenvalue weighted by molar-refractivity contribution is 0.317. The molecule has 1 nitrogen and oxygen atoms in total.